The zero-order chi connectivity index (χ0) is 12.1. The van der Waals surface area contributed by atoms with Crippen LogP contribution in [0.3, 0.4) is 0 Å². The lowest BCUT2D eigenvalue weighted by atomic mass is 10.3. The fourth-order valence-electron chi connectivity index (χ4n) is 2.34. The fraction of sp³-hybridized carbons (Fsp3) is 0.692. The van der Waals surface area contributed by atoms with Crippen molar-refractivity contribution in [2.24, 2.45) is 0 Å². The van der Waals surface area contributed by atoms with Gasteiger partial charge in [-0.15, -0.1) is 0 Å². The van der Waals surface area contributed by atoms with E-state index in [1.165, 1.54) is 6.42 Å². The molecule has 4 nitrogen and oxygen atoms in total. The largest absolute Gasteiger partial charge is 0.465 e. The number of aliphatic hydroxyl groups is 1. The molecular formula is C13H22N2O2. The molecule has 4 heteroatoms. The Balaban J connectivity index is 1.82. The second-order valence-corrected chi connectivity index (χ2v) is 4.71. The van der Waals surface area contributed by atoms with Crippen LogP contribution >= 0.6 is 0 Å². The first kappa shape index (κ1) is 12.6. The van der Waals surface area contributed by atoms with Crippen molar-refractivity contribution < 1.29 is 9.52 Å². The molecule has 0 spiro atoms. The first-order valence-corrected chi connectivity index (χ1v) is 6.39. The first-order chi connectivity index (χ1) is 8.28. The number of furan rings is 1. The van der Waals surface area contributed by atoms with Gasteiger partial charge in [0, 0.05) is 19.6 Å². The lowest BCUT2D eigenvalue weighted by Gasteiger charge is -2.20. The van der Waals surface area contributed by atoms with Gasteiger partial charge in [0.1, 0.15) is 11.5 Å². The molecule has 1 aliphatic heterocycles. The molecule has 1 fully saturated rings. The Kier molecular flexibility index (Phi) is 4.59. The van der Waals surface area contributed by atoms with Crippen LogP contribution in [0.5, 0.6) is 0 Å². The predicted molar refractivity (Wildman–Crippen MR) is 66.9 cm³/mol. The molecule has 2 heterocycles. The summed E-state index contributed by atoms with van der Waals surface area (Å²) >= 11 is 0. The van der Waals surface area contributed by atoms with Gasteiger partial charge < -0.3 is 9.52 Å². The SMILES string of the molecule is Cc1ccc(CN2CCCN(CCO)CC2)o1. The van der Waals surface area contributed by atoms with Crippen LogP contribution in [-0.2, 0) is 6.54 Å². The minimum atomic E-state index is 0.261. The normalized spacial score (nSPS) is 19.4. The second kappa shape index (κ2) is 6.19. The maximum atomic E-state index is 8.94. The van der Waals surface area contributed by atoms with E-state index in [1.807, 2.05) is 13.0 Å². The number of nitrogens with zero attached hydrogens (tertiary/aromatic N) is 2. The molecule has 1 aromatic rings. The highest BCUT2D eigenvalue weighted by Gasteiger charge is 2.15. The summed E-state index contributed by atoms with van der Waals surface area (Å²) in [7, 11) is 0. The van der Waals surface area contributed by atoms with Crippen LogP contribution in [-0.4, -0.2) is 54.2 Å². The third kappa shape index (κ3) is 3.84. The zero-order valence-electron chi connectivity index (χ0n) is 10.6. The van der Waals surface area contributed by atoms with Crippen molar-refractivity contribution in [3.63, 3.8) is 0 Å². The molecule has 0 aliphatic carbocycles. The van der Waals surface area contributed by atoms with Gasteiger partial charge in [0.25, 0.3) is 0 Å². The highest BCUT2D eigenvalue weighted by molar-refractivity contribution is 5.05. The van der Waals surface area contributed by atoms with E-state index in [-0.39, 0.29) is 6.61 Å². The van der Waals surface area contributed by atoms with Gasteiger partial charge in [-0.1, -0.05) is 0 Å². The van der Waals surface area contributed by atoms with E-state index < -0.39 is 0 Å². The lowest BCUT2D eigenvalue weighted by Crippen LogP contribution is -2.32. The Morgan fingerprint density at radius 2 is 1.94 bits per heavy atom. The summed E-state index contributed by atoms with van der Waals surface area (Å²) in [6.07, 6.45) is 1.17. The molecular weight excluding hydrogens is 216 g/mol. The van der Waals surface area contributed by atoms with Gasteiger partial charge in [-0.05, 0) is 38.6 Å². The first-order valence-electron chi connectivity index (χ1n) is 6.39. The topological polar surface area (TPSA) is 39.9 Å². The van der Waals surface area contributed by atoms with E-state index in [0.29, 0.717) is 0 Å². The van der Waals surface area contributed by atoms with Crippen molar-refractivity contribution in [3.05, 3.63) is 23.7 Å². The summed E-state index contributed by atoms with van der Waals surface area (Å²) in [5.41, 5.74) is 0. The van der Waals surface area contributed by atoms with E-state index in [1.54, 1.807) is 0 Å². The van der Waals surface area contributed by atoms with Crippen molar-refractivity contribution in [2.75, 3.05) is 39.3 Å². The highest BCUT2D eigenvalue weighted by atomic mass is 16.3. The second-order valence-electron chi connectivity index (χ2n) is 4.71. The molecule has 0 atom stereocenters. The molecule has 1 aliphatic rings. The summed E-state index contributed by atoms with van der Waals surface area (Å²) in [4.78, 5) is 4.75. The number of β-amino-alcohol motifs (C(OH)–C–C–N with tert-alkyl or cyclic N) is 1. The molecule has 0 aromatic carbocycles. The van der Waals surface area contributed by atoms with Crippen LogP contribution in [0.25, 0.3) is 0 Å². The van der Waals surface area contributed by atoms with E-state index in [9.17, 15) is 0 Å². The van der Waals surface area contributed by atoms with Gasteiger partial charge in [-0.3, -0.25) is 9.80 Å². The molecule has 0 amide bonds. The Morgan fingerprint density at radius 3 is 2.65 bits per heavy atom. The Bertz CT molecular complexity index is 338. The Labute approximate surface area is 103 Å². The molecule has 0 saturated carbocycles. The molecule has 1 N–H and O–H groups in total. The van der Waals surface area contributed by atoms with Crippen LogP contribution in [0.4, 0.5) is 0 Å². The van der Waals surface area contributed by atoms with Gasteiger partial charge in [-0.25, -0.2) is 0 Å². The van der Waals surface area contributed by atoms with E-state index in [0.717, 1.165) is 50.8 Å². The minimum Gasteiger partial charge on any atom is -0.465 e. The number of hydrogen-bond acceptors (Lipinski definition) is 4. The zero-order valence-corrected chi connectivity index (χ0v) is 10.6. The average molecular weight is 238 g/mol. The number of rotatable bonds is 4. The van der Waals surface area contributed by atoms with Crippen molar-refractivity contribution in [1.82, 2.24) is 9.80 Å². The number of aryl methyl sites for hydroxylation is 1. The quantitative estimate of drug-likeness (QED) is 0.852. The van der Waals surface area contributed by atoms with Crippen LogP contribution in [0.2, 0.25) is 0 Å². The van der Waals surface area contributed by atoms with E-state index in [4.69, 9.17) is 9.52 Å². The van der Waals surface area contributed by atoms with Gasteiger partial charge in [0.15, 0.2) is 0 Å². The van der Waals surface area contributed by atoms with Crippen molar-refractivity contribution >= 4 is 0 Å². The van der Waals surface area contributed by atoms with Gasteiger partial charge in [0.2, 0.25) is 0 Å². The molecule has 17 heavy (non-hydrogen) atoms. The summed E-state index contributed by atoms with van der Waals surface area (Å²) in [6, 6.07) is 4.08. The van der Waals surface area contributed by atoms with E-state index >= 15 is 0 Å². The molecule has 96 valence electrons. The molecule has 0 bridgehead atoms. The highest BCUT2D eigenvalue weighted by Crippen LogP contribution is 2.11. The lowest BCUT2D eigenvalue weighted by molar-refractivity contribution is 0.193. The van der Waals surface area contributed by atoms with Gasteiger partial charge >= 0.3 is 0 Å². The third-order valence-corrected chi connectivity index (χ3v) is 3.27. The van der Waals surface area contributed by atoms with Crippen molar-refractivity contribution in [1.29, 1.82) is 0 Å². The Morgan fingerprint density at radius 1 is 1.18 bits per heavy atom. The maximum Gasteiger partial charge on any atom is 0.118 e. The predicted octanol–water partition coefficient (Wildman–Crippen LogP) is 1.09. The van der Waals surface area contributed by atoms with Crippen LogP contribution in [0, 0.1) is 6.92 Å². The van der Waals surface area contributed by atoms with Crippen LogP contribution in [0.1, 0.15) is 17.9 Å². The monoisotopic (exact) mass is 238 g/mol. The van der Waals surface area contributed by atoms with E-state index in [2.05, 4.69) is 15.9 Å². The third-order valence-electron chi connectivity index (χ3n) is 3.27. The molecule has 2 rings (SSSR count). The minimum absolute atomic E-state index is 0.261. The maximum absolute atomic E-state index is 8.94. The van der Waals surface area contributed by atoms with Crippen molar-refractivity contribution in [3.8, 4) is 0 Å². The summed E-state index contributed by atoms with van der Waals surface area (Å²) in [6.45, 7) is 8.25. The molecule has 1 saturated heterocycles. The average Bonchev–Trinajstić information content (AvgIpc) is 2.58. The Hall–Kier alpha value is -0.840. The molecule has 0 radical (unpaired) electrons. The summed E-state index contributed by atoms with van der Waals surface area (Å²) in [5, 5.41) is 8.94. The standard InChI is InChI=1S/C13H22N2O2/c1-12-3-4-13(17-12)11-15-6-2-5-14(7-8-15)9-10-16/h3-4,16H,2,5-11H2,1H3. The smallest absolute Gasteiger partial charge is 0.118 e. The molecule has 0 unspecified atom stereocenters. The van der Waals surface area contributed by atoms with Crippen molar-refractivity contribution in [2.45, 2.75) is 19.9 Å². The molecule has 1 aromatic heterocycles. The van der Waals surface area contributed by atoms with Crippen LogP contribution in [0.15, 0.2) is 16.5 Å². The van der Waals surface area contributed by atoms with Gasteiger partial charge in [-0.2, -0.15) is 0 Å². The fourth-order valence-corrected chi connectivity index (χ4v) is 2.34. The summed E-state index contributed by atoms with van der Waals surface area (Å²) in [5.74, 6) is 2.04. The number of hydrogen-bond donors (Lipinski definition) is 1. The van der Waals surface area contributed by atoms with Crippen LogP contribution < -0.4 is 0 Å². The summed E-state index contributed by atoms with van der Waals surface area (Å²) < 4.78 is 5.61. The number of aliphatic hydroxyl groups excluding tert-OH is 1. The van der Waals surface area contributed by atoms with Gasteiger partial charge in [0.05, 0.1) is 13.2 Å².